The van der Waals surface area contributed by atoms with Crippen molar-refractivity contribution in [3.8, 4) is 0 Å². The van der Waals surface area contributed by atoms with Gasteiger partial charge < -0.3 is 9.84 Å². The summed E-state index contributed by atoms with van der Waals surface area (Å²) in [5.74, 6) is -2.96. The second kappa shape index (κ2) is 5.68. The summed E-state index contributed by atoms with van der Waals surface area (Å²) in [6.45, 7) is 1.89. The van der Waals surface area contributed by atoms with Crippen LogP contribution in [0.5, 0.6) is 0 Å². The predicted octanol–water partition coefficient (Wildman–Crippen LogP) is 2.89. The number of hydrogen-bond acceptors (Lipinski definition) is 3. The van der Waals surface area contributed by atoms with Gasteiger partial charge in [0.25, 0.3) is 0 Å². The Bertz CT molecular complexity index is 591. The molecule has 1 aliphatic carbocycles. The molecule has 0 fully saturated rings. The van der Waals surface area contributed by atoms with Gasteiger partial charge in [-0.15, -0.1) is 0 Å². The first-order valence-corrected chi connectivity index (χ1v) is 6.64. The van der Waals surface area contributed by atoms with Crippen molar-refractivity contribution in [3.05, 3.63) is 47.3 Å². The molecule has 0 spiro atoms. The molecule has 2 atom stereocenters. The van der Waals surface area contributed by atoms with E-state index in [2.05, 4.69) is 0 Å². The topological polar surface area (TPSA) is 63.6 Å². The van der Waals surface area contributed by atoms with Gasteiger partial charge in [-0.05, 0) is 37.5 Å². The Morgan fingerprint density at radius 3 is 2.48 bits per heavy atom. The molecule has 1 aromatic rings. The highest BCUT2D eigenvalue weighted by atomic mass is 19.1. The molecule has 0 amide bonds. The summed E-state index contributed by atoms with van der Waals surface area (Å²) >= 11 is 0. The number of carbonyl (C=O) groups excluding carboxylic acids is 1. The van der Waals surface area contributed by atoms with E-state index >= 15 is 0 Å². The van der Waals surface area contributed by atoms with Gasteiger partial charge in [0.2, 0.25) is 0 Å². The fourth-order valence-electron chi connectivity index (χ4n) is 2.89. The number of aliphatic carboxylic acids is 1. The van der Waals surface area contributed by atoms with Crippen LogP contribution in [-0.4, -0.2) is 24.2 Å². The van der Waals surface area contributed by atoms with Gasteiger partial charge in [0, 0.05) is 5.92 Å². The van der Waals surface area contributed by atoms with E-state index in [4.69, 9.17) is 4.74 Å². The van der Waals surface area contributed by atoms with Crippen molar-refractivity contribution in [3.63, 3.8) is 0 Å². The highest BCUT2D eigenvalue weighted by molar-refractivity contribution is 6.01. The second-order valence-corrected chi connectivity index (χ2v) is 5.33. The lowest BCUT2D eigenvalue weighted by molar-refractivity contribution is -0.169. The number of allylic oxidation sites excluding steroid dienone is 2. The zero-order chi connectivity index (χ0) is 15.6. The number of carboxylic acid groups (broad SMARTS) is 1. The van der Waals surface area contributed by atoms with Crippen molar-refractivity contribution in [1.82, 2.24) is 0 Å². The largest absolute Gasteiger partial charge is 0.480 e. The number of hydrogen-bond donors (Lipinski definition) is 1. The van der Waals surface area contributed by atoms with Gasteiger partial charge in [-0.25, -0.2) is 4.39 Å². The third-order valence-corrected chi connectivity index (χ3v) is 4.10. The number of carboxylic acids is 1. The van der Waals surface area contributed by atoms with Crippen molar-refractivity contribution < 1.29 is 23.8 Å². The molecule has 0 bridgehead atoms. The monoisotopic (exact) mass is 292 g/mol. The minimum Gasteiger partial charge on any atom is -0.480 e. The van der Waals surface area contributed by atoms with E-state index in [9.17, 15) is 19.1 Å². The molecular weight excluding hydrogens is 275 g/mol. The summed E-state index contributed by atoms with van der Waals surface area (Å²) in [6, 6.07) is 5.60. The molecule has 0 aromatic heterocycles. The van der Waals surface area contributed by atoms with E-state index in [1.807, 2.05) is 6.92 Å². The number of esters is 1. The van der Waals surface area contributed by atoms with Gasteiger partial charge in [-0.3, -0.25) is 9.59 Å². The van der Waals surface area contributed by atoms with Crippen molar-refractivity contribution in [2.24, 2.45) is 5.41 Å². The van der Waals surface area contributed by atoms with Crippen LogP contribution < -0.4 is 0 Å². The Hall–Kier alpha value is -2.17. The Labute approximate surface area is 122 Å². The van der Waals surface area contributed by atoms with Crippen molar-refractivity contribution in [2.75, 3.05) is 7.11 Å². The molecule has 0 radical (unpaired) electrons. The highest BCUT2D eigenvalue weighted by Gasteiger charge is 2.54. The van der Waals surface area contributed by atoms with Crippen molar-refractivity contribution >= 4 is 11.9 Å². The number of ether oxygens (including phenoxy) is 1. The SMILES string of the molecule is COC(=O)[C@]1(C(=O)O)CC=C(C)C[C@@H]1c1ccc(F)cc1. The molecule has 1 N–H and O–H groups in total. The molecule has 0 saturated carbocycles. The first-order chi connectivity index (χ1) is 9.91. The Balaban J connectivity index is 2.56. The summed E-state index contributed by atoms with van der Waals surface area (Å²) in [4.78, 5) is 24.0. The standard InChI is InChI=1S/C16H17FO4/c1-10-7-8-16(14(18)19,15(20)21-2)13(9-10)11-3-5-12(17)6-4-11/h3-7,13H,8-9H2,1-2H3,(H,18,19)/t13-,16-/m1/s1. The second-order valence-electron chi connectivity index (χ2n) is 5.33. The molecule has 0 heterocycles. The Morgan fingerprint density at radius 1 is 1.33 bits per heavy atom. The first kappa shape index (κ1) is 15.2. The van der Waals surface area contributed by atoms with E-state index in [-0.39, 0.29) is 6.42 Å². The van der Waals surface area contributed by atoms with E-state index in [1.165, 1.54) is 31.4 Å². The van der Waals surface area contributed by atoms with Crippen LogP contribution >= 0.6 is 0 Å². The molecule has 0 aliphatic heterocycles. The quantitative estimate of drug-likeness (QED) is 0.528. The highest BCUT2D eigenvalue weighted by Crippen LogP contribution is 2.48. The molecule has 1 aromatic carbocycles. The maximum atomic E-state index is 13.1. The summed E-state index contributed by atoms with van der Waals surface area (Å²) in [7, 11) is 1.18. The Kier molecular flexibility index (Phi) is 4.11. The van der Waals surface area contributed by atoms with Crippen LogP contribution in [0.25, 0.3) is 0 Å². The maximum absolute atomic E-state index is 13.1. The average molecular weight is 292 g/mol. The summed E-state index contributed by atoms with van der Waals surface area (Å²) in [5, 5.41) is 9.66. The number of methoxy groups -OCH3 is 1. The fraction of sp³-hybridized carbons (Fsp3) is 0.375. The number of carbonyl (C=O) groups is 2. The van der Waals surface area contributed by atoms with Crippen LogP contribution in [0, 0.1) is 11.2 Å². The van der Waals surface area contributed by atoms with Crippen LogP contribution in [0.4, 0.5) is 4.39 Å². The number of halogens is 1. The van der Waals surface area contributed by atoms with Crippen molar-refractivity contribution in [2.45, 2.75) is 25.7 Å². The molecule has 21 heavy (non-hydrogen) atoms. The van der Waals surface area contributed by atoms with Crippen LogP contribution in [0.15, 0.2) is 35.9 Å². The molecule has 5 heteroatoms. The van der Waals surface area contributed by atoms with Crippen LogP contribution in [-0.2, 0) is 14.3 Å². The Morgan fingerprint density at radius 2 is 1.95 bits per heavy atom. The van der Waals surface area contributed by atoms with Gasteiger partial charge in [-0.1, -0.05) is 23.8 Å². The van der Waals surface area contributed by atoms with Crippen LogP contribution in [0.3, 0.4) is 0 Å². The zero-order valence-corrected chi connectivity index (χ0v) is 11.9. The predicted molar refractivity (Wildman–Crippen MR) is 74.2 cm³/mol. The van der Waals surface area contributed by atoms with E-state index in [1.54, 1.807) is 6.08 Å². The minimum atomic E-state index is -1.66. The van der Waals surface area contributed by atoms with Crippen molar-refractivity contribution in [1.29, 1.82) is 0 Å². The third kappa shape index (κ3) is 2.55. The first-order valence-electron chi connectivity index (χ1n) is 6.64. The molecular formula is C16H17FO4. The molecule has 2 rings (SSSR count). The summed E-state index contributed by atoms with van der Waals surface area (Å²) in [5.41, 5.74) is -0.0340. The average Bonchev–Trinajstić information content (AvgIpc) is 2.47. The zero-order valence-electron chi connectivity index (χ0n) is 11.9. The molecule has 4 nitrogen and oxygen atoms in total. The smallest absolute Gasteiger partial charge is 0.324 e. The summed E-state index contributed by atoms with van der Waals surface area (Å²) < 4.78 is 17.8. The van der Waals surface area contributed by atoms with Gasteiger partial charge in [-0.2, -0.15) is 0 Å². The van der Waals surface area contributed by atoms with E-state index < -0.39 is 29.1 Å². The number of benzene rings is 1. The van der Waals surface area contributed by atoms with Crippen LogP contribution in [0.2, 0.25) is 0 Å². The lowest BCUT2D eigenvalue weighted by Crippen LogP contribution is -2.46. The third-order valence-electron chi connectivity index (χ3n) is 4.10. The van der Waals surface area contributed by atoms with Crippen LogP contribution in [0.1, 0.15) is 31.2 Å². The lowest BCUT2D eigenvalue weighted by atomic mass is 9.64. The number of rotatable bonds is 3. The summed E-state index contributed by atoms with van der Waals surface area (Å²) in [6.07, 6.45) is 2.25. The van der Waals surface area contributed by atoms with E-state index in [0.29, 0.717) is 12.0 Å². The van der Waals surface area contributed by atoms with Gasteiger partial charge >= 0.3 is 11.9 Å². The lowest BCUT2D eigenvalue weighted by Gasteiger charge is -2.37. The fourth-order valence-corrected chi connectivity index (χ4v) is 2.89. The van der Waals surface area contributed by atoms with E-state index in [0.717, 1.165) is 5.57 Å². The molecule has 112 valence electrons. The van der Waals surface area contributed by atoms with Gasteiger partial charge in [0.15, 0.2) is 5.41 Å². The van der Waals surface area contributed by atoms with Gasteiger partial charge in [0.1, 0.15) is 5.82 Å². The maximum Gasteiger partial charge on any atom is 0.324 e. The molecule has 0 unspecified atom stereocenters. The molecule has 0 saturated heterocycles. The minimum absolute atomic E-state index is 0.0723. The molecule has 1 aliphatic rings. The van der Waals surface area contributed by atoms with Gasteiger partial charge in [0.05, 0.1) is 7.11 Å². The normalized spacial score (nSPS) is 25.1.